The molecule has 0 fully saturated rings. The maximum absolute atomic E-state index is 12.9. The summed E-state index contributed by atoms with van der Waals surface area (Å²) in [6.07, 6.45) is 0.912. The van der Waals surface area contributed by atoms with E-state index in [4.69, 9.17) is 0 Å². The van der Waals surface area contributed by atoms with Crippen molar-refractivity contribution in [3.8, 4) is 0 Å². The van der Waals surface area contributed by atoms with Crippen LogP contribution < -0.4 is 0 Å². The summed E-state index contributed by atoms with van der Waals surface area (Å²) < 4.78 is 65.6. The normalized spacial score (nSPS) is 12.2. The Bertz CT molecular complexity index is 1400. The predicted molar refractivity (Wildman–Crippen MR) is 109 cm³/mol. The van der Waals surface area contributed by atoms with Gasteiger partial charge < -0.3 is 4.40 Å². The number of ketones is 1. The fraction of sp³-hybridized carbons (Fsp3) is 0.136. The summed E-state index contributed by atoms with van der Waals surface area (Å²) in [7, 11) is -4.21. The molecule has 164 valence electrons. The van der Waals surface area contributed by atoms with E-state index in [2.05, 4.69) is 9.97 Å². The van der Waals surface area contributed by atoms with Crippen LogP contribution in [0.1, 0.15) is 28.0 Å². The molecular weight excluding hydrogens is 443 g/mol. The van der Waals surface area contributed by atoms with Crippen LogP contribution in [0.3, 0.4) is 0 Å². The van der Waals surface area contributed by atoms with Crippen molar-refractivity contribution in [1.29, 1.82) is 0 Å². The van der Waals surface area contributed by atoms with E-state index in [1.165, 1.54) is 24.3 Å². The third-order valence-corrected chi connectivity index (χ3v) is 6.55. The number of hydrogen-bond donors (Lipinski definition) is 0. The van der Waals surface area contributed by atoms with Crippen molar-refractivity contribution in [3.05, 3.63) is 90.0 Å². The highest BCUT2D eigenvalue weighted by atomic mass is 32.2. The Kier molecular flexibility index (Phi) is 5.55. The summed E-state index contributed by atoms with van der Waals surface area (Å²) >= 11 is 0. The highest BCUT2D eigenvalue weighted by Gasteiger charge is 2.33. The molecule has 6 nitrogen and oxygen atoms in total. The zero-order valence-corrected chi connectivity index (χ0v) is 17.3. The second-order valence-corrected chi connectivity index (χ2v) is 8.94. The minimum atomic E-state index is -4.75. The van der Waals surface area contributed by atoms with Gasteiger partial charge in [-0.05, 0) is 48.4 Å². The molecule has 0 N–H and O–H groups in total. The van der Waals surface area contributed by atoms with Gasteiger partial charge in [-0.2, -0.15) is 13.2 Å². The van der Waals surface area contributed by atoms with Gasteiger partial charge in [0.25, 0.3) is 0 Å². The maximum Gasteiger partial charge on any atom is 0.433 e. The molecule has 0 aliphatic carbocycles. The lowest BCUT2D eigenvalue weighted by atomic mass is 10.0. The number of hydrogen-bond acceptors (Lipinski definition) is 5. The fourth-order valence-electron chi connectivity index (χ4n) is 3.17. The Morgan fingerprint density at radius 1 is 1.00 bits per heavy atom. The van der Waals surface area contributed by atoms with Crippen molar-refractivity contribution in [2.75, 3.05) is 0 Å². The van der Waals surface area contributed by atoms with Gasteiger partial charge in [0.05, 0.1) is 4.90 Å². The van der Waals surface area contributed by atoms with Crippen molar-refractivity contribution in [1.82, 2.24) is 14.4 Å². The van der Waals surface area contributed by atoms with E-state index >= 15 is 0 Å². The molecule has 0 saturated heterocycles. The largest absolute Gasteiger partial charge is 0.433 e. The van der Waals surface area contributed by atoms with Gasteiger partial charge in [-0.1, -0.05) is 18.2 Å². The number of aromatic nitrogens is 3. The lowest BCUT2D eigenvalue weighted by Gasteiger charge is -2.09. The molecule has 32 heavy (non-hydrogen) atoms. The van der Waals surface area contributed by atoms with Gasteiger partial charge in [0.2, 0.25) is 9.84 Å². The van der Waals surface area contributed by atoms with Gasteiger partial charge in [0.15, 0.2) is 10.8 Å². The quantitative estimate of drug-likeness (QED) is 0.400. The average Bonchev–Trinajstić information content (AvgIpc) is 3.25. The first-order chi connectivity index (χ1) is 15.1. The molecule has 0 amide bonds. The highest BCUT2D eigenvalue weighted by molar-refractivity contribution is 7.91. The molecule has 0 radical (unpaired) electrons. The molecule has 0 unspecified atom stereocenters. The van der Waals surface area contributed by atoms with E-state index in [1.54, 1.807) is 35.1 Å². The Morgan fingerprint density at radius 2 is 1.75 bits per heavy atom. The average molecular weight is 459 g/mol. The summed E-state index contributed by atoms with van der Waals surface area (Å²) in [6.45, 7) is 0. The summed E-state index contributed by atoms with van der Waals surface area (Å²) in [5.41, 5.74) is 0.708. The summed E-state index contributed by atoms with van der Waals surface area (Å²) in [5.74, 6) is -0.0783. The van der Waals surface area contributed by atoms with E-state index < -0.39 is 26.7 Å². The lowest BCUT2D eigenvalue weighted by Crippen LogP contribution is -2.12. The molecular formula is C22H16F3N3O3S. The van der Waals surface area contributed by atoms with Gasteiger partial charge in [0.1, 0.15) is 11.3 Å². The number of halogens is 3. The fourth-order valence-corrected chi connectivity index (χ4v) is 4.38. The minimum absolute atomic E-state index is 0.0783. The second kappa shape index (κ2) is 8.19. The number of alkyl halides is 3. The van der Waals surface area contributed by atoms with Gasteiger partial charge in [-0.15, -0.1) is 0 Å². The number of pyridine rings is 2. The number of carbonyl (C=O) groups excluding carboxylic acids is 1. The topological polar surface area (TPSA) is 81.4 Å². The van der Waals surface area contributed by atoms with Gasteiger partial charge in [0, 0.05) is 30.6 Å². The molecule has 0 atom stereocenters. The number of Topliss-reactive ketones (excluding diaryl/α,β-unsaturated/α-hetero) is 1. The zero-order valence-electron chi connectivity index (χ0n) is 16.5. The Balaban J connectivity index is 1.47. The van der Waals surface area contributed by atoms with Crippen molar-refractivity contribution >= 4 is 21.3 Å². The summed E-state index contributed by atoms with van der Waals surface area (Å²) in [5, 5.41) is -0.676. The molecule has 0 aliphatic rings. The highest BCUT2D eigenvalue weighted by Crippen LogP contribution is 2.29. The van der Waals surface area contributed by atoms with E-state index in [0.29, 0.717) is 18.1 Å². The molecule has 1 aromatic carbocycles. The summed E-state index contributed by atoms with van der Waals surface area (Å²) in [6, 6.07) is 11.8. The monoisotopic (exact) mass is 459 g/mol. The van der Waals surface area contributed by atoms with Gasteiger partial charge in [-0.25, -0.2) is 18.4 Å². The molecule has 0 bridgehead atoms. The van der Waals surface area contributed by atoms with Crippen LogP contribution in [0.25, 0.3) is 5.65 Å². The van der Waals surface area contributed by atoms with Crippen LogP contribution in [0, 0.1) is 0 Å². The Labute approximate surface area is 181 Å². The molecule has 0 spiro atoms. The SMILES string of the molecule is O=C(CCc1ccc(S(=O)(=O)c2cccc(C(F)(F)F)n2)cc1)c1ccc2nccn2c1. The first-order valence-corrected chi connectivity index (χ1v) is 11.0. The van der Waals surface area contributed by atoms with E-state index in [1.807, 2.05) is 0 Å². The number of rotatable bonds is 6. The molecule has 4 rings (SSSR count). The standard InChI is InChI=1S/C22H16F3N3O3S/c23-22(24,25)19-2-1-3-21(27-19)32(30,31)17-8-4-15(5-9-17)6-10-18(29)16-7-11-20-26-12-13-28(20)14-16/h1-5,7-9,11-14H,6,10H2. The number of nitrogens with zero attached hydrogens (tertiary/aromatic N) is 3. The van der Waals surface area contributed by atoms with Crippen LogP contribution in [-0.4, -0.2) is 28.6 Å². The van der Waals surface area contributed by atoms with E-state index in [0.717, 1.165) is 23.3 Å². The molecule has 0 saturated carbocycles. The van der Waals surface area contributed by atoms with Crippen molar-refractivity contribution < 1.29 is 26.4 Å². The third kappa shape index (κ3) is 4.40. The van der Waals surface area contributed by atoms with Crippen LogP contribution in [0.5, 0.6) is 0 Å². The van der Waals surface area contributed by atoms with Gasteiger partial charge in [-0.3, -0.25) is 4.79 Å². The summed E-state index contributed by atoms with van der Waals surface area (Å²) in [4.78, 5) is 19.7. The number of aryl methyl sites for hydroxylation is 1. The second-order valence-electron chi connectivity index (χ2n) is 7.04. The van der Waals surface area contributed by atoms with Crippen LogP contribution >= 0.6 is 0 Å². The third-order valence-electron chi connectivity index (χ3n) is 4.87. The van der Waals surface area contributed by atoms with Crippen molar-refractivity contribution in [2.45, 2.75) is 28.9 Å². The lowest BCUT2D eigenvalue weighted by molar-refractivity contribution is -0.141. The number of benzene rings is 1. The first kappa shape index (κ1) is 21.7. The van der Waals surface area contributed by atoms with Crippen LogP contribution in [0.2, 0.25) is 0 Å². The number of carbonyl (C=O) groups is 1. The number of fused-ring (bicyclic) bond motifs is 1. The minimum Gasteiger partial charge on any atom is -0.306 e. The van der Waals surface area contributed by atoms with E-state index in [9.17, 15) is 26.4 Å². The predicted octanol–water partition coefficient (Wildman–Crippen LogP) is 4.40. The van der Waals surface area contributed by atoms with Crippen LogP contribution in [0.4, 0.5) is 13.2 Å². The molecule has 0 aliphatic heterocycles. The number of sulfone groups is 1. The molecule has 10 heteroatoms. The smallest absolute Gasteiger partial charge is 0.306 e. The van der Waals surface area contributed by atoms with Crippen LogP contribution in [0.15, 0.2) is 83.1 Å². The molecule has 4 aromatic rings. The van der Waals surface area contributed by atoms with E-state index in [-0.39, 0.29) is 17.1 Å². The first-order valence-electron chi connectivity index (χ1n) is 9.49. The van der Waals surface area contributed by atoms with Crippen LogP contribution in [-0.2, 0) is 22.4 Å². The Hall–Kier alpha value is -3.53. The van der Waals surface area contributed by atoms with Crippen molar-refractivity contribution in [2.24, 2.45) is 0 Å². The zero-order chi connectivity index (χ0) is 22.9. The Morgan fingerprint density at radius 3 is 2.47 bits per heavy atom. The van der Waals surface area contributed by atoms with Gasteiger partial charge >= 0.3 is 6.18 Å². The molecule has 3 heterocycles. The van der Waals surface area contributed by atoms with Crippen molar-refractivity contribution in [3.63, 3.8) is 0 Å². The molecule has 3 aromatic heterocycles. The maximum atomic E-state index is 12.9. The number of imidazole rings is 1.